The van der Waals surface area contributed by atoms with Gasteiger partial charge in [-0.3, -0.25) is 4.79 Å². The second-order valence-electron chi connectivity index (χ2n) is 5.08. The molecule has 98 valence electrons. The molecule has 1 aromatic rings. The number of hydrogen-bond acceptors (Lipinski definition) is 1. The van der Waals surface area contributed by atoms with Crippen LogP contribution in [0.15, 0.2) is 18.2 Å². The van der Waals surface area contributed by atoms with Crippen LogP contribution in [0.2, 0.25) is 5.02 Å². The van der Waals surface area contributed by atoms with E-state index in [1.807, 2.05) is 13.0 Å². The lowest BCUT2D eigenvalue weighted by atomic mass is 10.0. The van der Waals surface area contributed by atoms with E-state index >= 15 is 0 Å². The summed E-state index contributed by atoms with van der Waals surface area (Å²) in [7, 11) is 0. The fourth-order valence-electron chi connectivity index (χ4n) is 2.09. The van der Waals surface area contributed by atoms with E-state index in [2.05, 4.69) is 21.2 Å². The van der Waals surface area contributed by atoms with Gasteiger partial charge in [-0.15, -0.1) is 0 Å². The lowest BCUT2D eigenvalue weighted by molar-refractivity contribution is 0.0944. The SMILES string of the molecule is Cc1ccc(Cl)cc1C(=O)NCC1(CCBr)CC1. The van der Waals surface area contributed by atoms with E-state index < -0.39 is 0 Å². The van der Waals surface area contributed by atoms with Gasteiger partial charge in [0, 0.05) is 22.5 Å². The Bertz CT molecular complexity index is 457. The Kier molecular flexibility index (Phi) is 4.33. The molecule has 4 heteroatoms. The first-order valence-corrected chi connectivity index (χ1v) is 7.67. The summed E-state index contributed by atoms with van der Waals surface area (Å²) in [5.74, 6) is -0.0177. The molecule has 1 saturated carbocycles. The first-order valence-electron chi connectivity index (χ1n) is 6.17. The summed E-state index contributed by atoms with van der Waals surface area (Å²) in [6.45, 7) is 2.69. The van der Waals surface area contributed by atoms with Crippen LogP contribution in [0.1, 0.15) is 35.2 Å². The second kappa shape index (κ2) is 5.62. The number of nitrogens with one attached hydrogen (secondary N) is 1. The summed E-state index contributed by atoms with van der Waals surface area (Å²) in [5, 5.41) is 4.64. The molecule has 0 radical (unpaired) electrons. The molecular formula is C14H17BrClNO. The maximum atomic E-state index is 12.1. The van der Waals surface area contributed by atoms with Crippen molar-refractivity contribution in [1.82, 2.24) is 5.32 Å². The van der Waals surface area contributed by atoms with Gasteiger partial charge in [-0.25, -0.2) is 0 Å². The zero-order valence-electron chi connectivity index (χ0n) is 10.4. The number of hydrogen-bond donors (Lipinski definition) is 1. The predicted molar refractivity (Wildman–Crippen MR) is 78.6 cm³/mol. The van der Waals surface area contributed by atoms with Crippen molar-refractivity contribution in [1.29, 1.82) is 0 Å². The van der Waals surface area contributed by atoms with Crippen molar-refractivity contribution in [3.63, 3.8) is 0 Å². The zero-order valence-corrected chi connectivity index (χ0v) is 12.8. The molecule has 0 aliphatic heterocycles. The molecule has 0 bridgehead atoms. The molecule has 1 fully saturated rings. The Balaban J connectivity index is 1.98. The van der Waals surface area contributed by atoms with Crippen LogP contribution in [0.3, 0.4) is 0 Å². The molecule has 2 nitrogen and oxygen atoms in total. The van der Waals surface area contributed by atoms with Crippen molar-refractivity contribution in [3.8, 4) is 0 Å². The maximum Gasteiger partial charge on any atom is 0.251 e. The monoisotopic (exact) mass is 329 g/mol. The Morgan fingerprint density at radius 2 is 2.22 bits per heavy atom. The van der Waals surface area contributed by atoms with Crippen molar-refractivity contribution < 1.29 is 4.79 Å². The molecule has 1 amide bonds. The van der Waals surface area contributed by atoms with Gasteiger partial charge in [0.2, 0.25) is 0 Å². The van der Waals surface area contributed by atoms with Gasteiger partial charge in [0.15, 0.2) is 0 Å². The molecular weight excluding hydrogens is 314 g/mol. The van der Waals surface area contributed by atoms with Crippen molar-refractivity contribution in [2.24, 2.45) is 5.41 Å². The molecule has 0 atom stereocenters. The van der Waals surface area contributed by atoms with Gasteiger partial charge in [-0.2, -0.15) is 0 Å². The van der Waals surface area contributed by atoms with Crippen LogP contribution < -0.4 is 5.32 Å². The highest BCUT2D eigenvalue weighted by molar-refractivity contribution is 9.09. The summed E-state index contributed by atoms with van der Waals surface area (Å²) in [6.07, 6.45) is 3.56. The second-order valence-corrected chi connectivity index (χ2v) is 6.31. The first kappa shape index (κ1) is 13.9. The van der Waals surface area contributed by atoms with Gasteiger partial charge >= 0.3 is 0 Å². The fraction of sp³-hybridized carbons (Fsp3) is 0.500. The highest BCUT2D eigenvalue weighted by Gasteiger charge is 2.41. The lowest BCUT2D eigenvalue weighted by Gasteiger charge is -2.15. The van der Waals surface area contributed by atoms with E-state index in [0.717, 1.165) is 23.9 Å². The number of rotatable bonds is 5. The highest BCUT2D eigenvalue weighted by atomic mass is 79.9. The number of benzene rings is 1. The molecule has 2 rings (SSSR count). The molecule has 0 heterocycles. The quantitative estimate of drug-likeness (QED) is 0.814. The molecule has 0 saturated heterocycles. The van der Waals surface area contributed by atoms with Gasteiger partial charge in [0.05, 0.1) is 0 Å². The molecule has 18 heavy (non-hydrogen) atoms. The molecule has 0 spiro atoms. The standard InChI is InChI=1S/C14H17BrClNO/c1-10-2-3-11(16)8-12(10)13(18)17-9-14(4-5-14)6-7-15/h2-3,8H,4-7,9H2,1H3,(H,17,18). The maximum absolute atomic E-state index is 12.1. The average molecular weight is 331 g/mol. The Morgan fingerprint density at radius 3 is 2.83 bits per heavy atom. The first-order chi connectivity index (χ1) is 8.56. The molecule has 1 aromatic carbocycles. The molecule has 1 aliphatic carbocycles. The average Bonchev–Trinajstić information content (AvgIpc) is 3.10. The smallest absolute Gasteiger partial charge is 0.251 e. The van der Waals surface area contributed by atoms with Crippen LogP contribution in [0.4, 0.5) is 0 Å². The summed E-state index contributed by atoms with van der Waals surface area (Å²) in [5.41, 5.74) is 1.98. The van der Waals surface area contributed by atoms with E-state index in [-0.39, 0.29) is 5.91 Å². The number of aryl methyl sites for hydroxylation is 1. The third-order valence-corrected chi connectivity index (χ3v) is 4.28. The summed E-state index contributed by atoms with van der Waals surface area (Å²) in [4.78, 5) is 12.1. The number of halogens is 2. The minimum atomic E-state index is -0.0177. The van der Waals surface area contributed by atoms with Gasteiger partial charge in [0.1, 0.15) is 0 Å². The summed E-state index contributed by atoms with van der Waals surface area (Å²) in [6, 6.07) is 5.42. The molecule has 0 unspecified atom stereocenters. The lowest BCUT2D eigenvalue weighted by Crippen LogP contribution is -2.30. The number of alkyl halides is 1. The number of carbonyl (C=O) groups is 1. The Hall–Kier alpha value is -0.540. The predicted octanol–water partition coefficient (Wildman–Crippen LogP) is 3.94. The third kappa shape index (κ3) is 3.27. The van der Waals surface area contributed by atoms with E-state index in [4.69, 9.17) is 11.6 Å². The minimum absolute atomic E-state index is 0.0177. The van der Waals surface area contributed by atoms with Gasteiger partial charge in [-0.1, -0.05) is 33.6 Å². The van der Waals surface area contributed by atoms with Gasteiger partial charge < -0.3 is 5.32 Å². The molecule has 0 aromatic heterocycles. The van der Waals surface area contributed by atoms with Crippen LogP contribution in [0.5, 0.6) is 0 Å². The minimum Gasteiger partial charge on any atom is -0.351 e. The van der Waals surface area contributed by atoms with E-state index in [1.54, 1.807) is 12.1 Å². The molecule has 1 aliphatic rings. The topological polar surface area (TPSA) is 29.1 Å². The molecule has 1 N–H and O–H groups in total. The van der Waals surface area contributed by atoms with E-state index in [9.17, 15) is 4.79 Å². The van der Waals surface area contributed by atoms with Crippen LogP contribution >= 0.6 is 27.5 Å². The van der Waals surface area contributed by atoms with Crippen molar-refractivity contribution in [3.05, 3.63) is 34.3 Å². The van der Waals surface area contributed by atoms with E-state index in [0.29, 0.717) is 16.0 Å². The largest absolute Gasteiger partial charge is 0.351 e. The zero-order chi connectivity index (χ0) is 13.2. The van der Waals surface area contributed by atoms with Crippen LogP contribution in [0.25, 0.3) is 0 Å². The van der Waals surface area contributed by atoms with Crippen molar-refractivity contribution >= 4 is 33.4 Å². The third-order valence-electron chi connectivity index (χ3n) is 3.65. The van der Waals surface area contributed by atoms with E-state index in [1.165, 1.54) is 12.8 Å². The summed E-state index contributed by atoms with van der Waals surface area (Å²) >= 11 is 9.39. The van der Waals surface area contributed by atoms with Crippen molar-refractivity contribution in [2.45, 2.75) is 26.2 Å². The van der Waals surface area contributed by atoms with Crippen LogP contribution in [0, 0.1) is 12.3 Å². The normalized spacial score (nSPS) is 16.4. The Morgan fingerprint density at radius 1 is 1.50 bits per heavy atom. The van der Waals surface area contributed by atoms with Crippen molar-refractivity contribution in [2.75, 3.05) is 11.9 Å². The van der Waals surface area contributed by atoms with Crippen LogP contribution in [-0.2, 0) is 0 Å². The van der Waals surface area contributed by atoms with Gasteiger partial charge in [0.25, 0.3) is 5.91 Å². The summed E-state index contributed by atoms with van der Waals surface area (Å²) < 4.78 is 0. The van der Waals surface area contributed by atoms with Crippen LogP contribution in [-0.4, -0.2) is 17.8 Å². The number of amides is 1. The fourth-order valence-corrected chi connectivity index (χ4v) is 3.11. The number of carbonyl (C=O) groups excluding carboxylic acids is 1. The highest BCUT2D eigenvalue weighted by Crippen LogP contribution is 2.48. The van der Waals surface area contributed by atoms with Gasteiger partial charge in [-0.05, 0) is 49.3 Å². The Labute approximate surface area is 121 Å².